The third-order valence-corrected chi connectivity index (χ3v) is 19.5. The van der Waals surface area contributed by atoms with E-state index in [0.29, 0.717) is 57.9 Å². The summed E-state index contributed by atoms with van der Waals surface area (Å²) in [6, 6.07) is 19.2. The van der Waals surface area contributed by atoms with Crippen molar-refractivity contribution in [2.45, 2.75) is 94.9 Å². The molecule has 1 radical (unpaired) electrons. The van der Waals surface area contributed by atoms with Gasteiger partial charge in [-0.2, -0.15) is 33.7 Å². The number of hydrogen-bond acceptors (Lipinski definition) is 32. The first-order valence-corrected chi connectivity index (χ1v) is 42.7. The summed E-state index contributed by atoms with van der Waals surface area (Å²) in [7, 11) is -21.0. The fourth-order valence-corrected chi connectivity index (χ4v) is 13.0. The van der Waals surface area contributed by atoms with Crippen molar-refractivity contribution in [3.8, 4) is 28.3 Å². The number of nitrogens with zero attached hydrogens (tertiary/aromatic N) is 8. The fraction of sp³-hybridized carbons (Fsp3) is 0.486. The molecule has 0 aliphatic carbocycles. The van der Waals surface area contributed by atoms with Crippen molar-refractivity contribution in [3.05, 3.63) is 133 Å². The van der Waals surface area contributed by atoms with Gasteiger partial charge in [0.1, 0.15) is 47.2 Å². The second-order valence-corrected chi connectivity index (χ2v) is 32.7. The molecule has 0 spiro atoms. The number of tetrazole rings is 1. The molecule has 17 N–H and O–H groups in total. The van der Waals surface area contributed by atoms with Crippen LogP contribution in [0.15, 0.2) is 121 Å². The number of ether oxygens (including phenoxy) is 4. The van der Waals surface area contributed by atoms with Gasteiger partial charge >= 0.3 is 11.9 Å². The average Bonchev–Trinajstić information content (AvgIpc) is 1.39. The Bertz CT molecular complexity index is 4640. The minimum absolute atomic E-state index is 0. The van der Waals surface area contributed by atoms with E-state index in [4.69, 9.17) is 55.0 Å². The molecule has 50 heteroatoms. The number of unbranched alkanes of at least 4 members (excludes halogenated alkanes) is 2. The Hall–Kier alpha value is -9.87. The number of amides is 6. The Morgan fingerprint density at radius 3 is 1.57 bits per heavy atom. The Morgan fingerprint density at radius 1 is 0.558 bits per heavy atom. The largest absolute Gasteiger partial charge is 0.480 e. The maximum atomic E-state index is 13.4. The molecule has 0 bridgehead atoms. The van der Waals surface area contributed by atoms with E-state index in [2.05, 4.69) is 78.6 Å². The number of hydrogen-bond donors (Lipinski definition) is 17. The molecule has 0 unspecified atom stereocenters. The van der Waals surface area contributed by atoms with Gasteiger partial charge in [0.15, 0.2) is 11.6 Å². The maximum Gasteiger partial charge on any atom is 0.335 e. The zero-order chi connectivity index (χ0) is 88.2. The van der Waals surface area contributed by atoms with Gasteiger partial charge in [-0.1, -0.05) is 74.5 Å². The molecule has 6 amide bonds. The molecule has 4 heterocycles. The molecule has 0 saturated heterocycles. The van der Waals surface area contributed by atoms with Gasteiger partial charge in [-0.15, -0.1) is 10.2 Å². The third-order valence-electron chi connectivity index (χ3n) is 16.5. The van der Waals surface area contributed by atoms with Crippen molar-refractivity contribution in [1.82, 2.24) is 72.4 Å². The number of aliphatic carboxylic acids is 1. The SMILES string of the molecule is CC(C)(CCCCOc1cc(-c2ccccc2)cc(-c2ccccc2)n1)c1nnnn1CCCCC(=O)NCCCOCCOCCOCCNC(=O)[C@H](CS(=O)(=O)O)NC(=O)[C@H](CS(=O)(=O)O)NC(=O)[C@H](CS(=O)(=O)O)NC(=O)[C@H](CS(=O)(=O)O)NC(=O)c1ccc(N=N)nc1.O=C(O)CNCC(CO)(CO)CO.O=C(O)c1ccncc1.[99Tc]. The first kappa shape index (κ1) is 104. The first-order chi connectivity index (χ1) is 56.2. The number of carbonyl (C=O) groups is 8. The van der Waals surface area contributed by atoms with Gasteiger partial charge in [0, 0.05) is 94.9 Å². The monoisotopic (exact) mass is 1850 g/mol. The molecule has 0 aliphatic rings. The Kier molecular flexibility index (Phi) is 46.1. The number of carboxylic acid groups (broad SMARTS) is 2. The van der Waals surface area contributed by atoms with Crippen LogP contribution in [-0.2, 0) is 116 Å². The minimum atomic E-state index is -5.35. The fourth-order valence-electron chi connectivity index (χ4n) is 10.3. The summed E-state index contributed by atoms with van der Waals surface area (Å²) in [5.41, 5.74) is 9.40. The molecule has 120 heavy (non-hydrogen) atoms. The van der Waals surface area contributed by atoms with Crippen molar-refractivity contribution < 1.29 is 155 Å². The van der Waals surface area contributed by atoms with Crippen molar-refractivity contribution in [1.29, 1.82) is 5.53 Å². The van der Waals surface area contributed by atoms with E-state index in [1.165, 1.54) is 24.5 Å². The summed E-state index contributed by atoms with van der Waals surface area (Å²) in [5.74, 6) is -15.7. The second-order valence-electron chi connectivity index (χ2n) is 26.7. The van der Waals surface area contributed by atoms with Crippen molar-refractivity contribution in [3.63, 3.8) is 0 Å². The first-order valence-electron chi connectivity index (χ1n) is 36.2. The molecule has 0 fully saturated rings. The van der Waals surface area contributed by atoms with Crippen LogP contribution in [0.5, 0.6) is 5.88 Å². The average molecular weight is 1850 g/mol. The van der Waals surface area contributed by atoms with Crippen LogP contribution in [-0.4, -0.2) is 299 Å². The van der Waals surface area contributed by atoms with Crippen LogP contribution in [0.2, 0.25) is 0 Å². The molecule has 4 atom stereocenters. The van der Waals surface area contributed by atoms with Gasteiger partial charge in [0.25, 0.3) is 46.4 Å². The number of nitrogens with one attached hydrogen (secondary N) is 8. The zero-order valence-corrected chi connectivity index (χ0v) is 70.1. The number of benzene rings is 2. The summed E-state index contributed by atoms with van der Waals surface area (Å²) in [4.78, 5) is 111. The van der Waals surface area contributed by atoms with E-state index in [1.807, 2.05) is 59.9 Å². The van der Waals surface area contributed by atoms with Gasteiger partial charge in [0.2, 0.25) is 35.4 Å². The molecule has 6 aromatic rings. The number of aryl methyl sites for hydroxylation is 1. The Labute approximate surface area is 703 Å². The van der Waals surface area contributed by atoms with Gasteiger partial charge in [-0.25, -0.2) is 25.0 Å². The zero-order valence-electron chi connectivity index (χ0n) is 64.9. The van der Waals surface area contributed by atoms with Crippen molar-refractivity contribution in [2.24, 2.45) is 10.5 Å². The van der Waals surface area contributed by atoms with Crippen molar-refractivity contribution >= 4 is 93.7 Å². The van der Waals surface area contributed by atoms with Gasteiger partial charge in [-0.05, 0) is 90.4 Å². The number of pyridine rings is 3. The summed E-state index contributed by atoms with van der Waals surface area (Å²) in [6.07, 6.45) is 8.34. The van der Waals surface area contributed by atoms with Crippen LogP contribution in [0, 0.1) is 10.9 Å². The normalized spacial score (nSPS) is 12.6. The molecule has 0 saturated carbocycles. The molecule has 663 valence electrons. The van der Waals surface area contributed by atoms with Gasteiger partial charge < -0.3 is 81.7 Å². The van der Waals surface area contributed by atoms with Crippen LogP contribution < -0.4 is 42.0 Å². The van der Waals surface area contributed by atoms with Gasteiger partial charge in [0.05, 0.1) is 88.2 Å². The summed E-state index contributed by atoms with van der Waals surface area (Å²) in [6.45, 7) is 4.33. The van der Waals surface area contributed by atoms with Crippen LogP contribution in [0.1, 0.15) is 85.3 Å². The molecule has 4 aromatic heterocycles. The van der Waals surface area contributed by atoms with Crippen LogP contribution in [0.3, 0.4) is 0 Å². The molecule has 2 aromatic carbocycles. The molecular weight excluding hydrogens is 1760 g/mol. The molecule has 0 aliphatic heterocycles. The maximum absolute atomic E-state index is 13.4. The predicted molar refractivity (Wildman–Crippen MR) is 419 cm³/mol. The summed E-state index contributed by atoms with van der Waals surface area (Å²) in [5, 5.41) is 73.1. The summed E-state index contributed by atoms with van der Waals surface area (Å²) >= 11 is 0. The summed E-state index contributed by atoms with van der Waals surface area (Å²) < 4.78 is 158. The topological polar surface area (TPSA) is 695 Å². The standard InChI is InChI=1S/C57H78N14O22S4.C7H15NO5.C6H5NO2.Tc/c1-57(2,21-10-12-26-93-50-33-42(39-14-5-3-6-15-39)32-43(62-50)40-16-7-4-8-17-40)56-68-69-70-71(56)24-11-9-18-49(72)59-22-13-25-90-28-30-92-31-29-91-27-23-60-52(74)44(35-94(78,79)80)64-54(76)46(37-96(84,85)86)66-55(77)47(38-97(87,88)89)65-53(75)45(36-95(81,82)83)63-51(73)41-19-20-48(67-58)61-34-41;9-3-7(4-10,5-11)2-8-1-6(12)13;8-6(9)5-1-3-7-4-2-5;/h3-8,14-17,19-20,32-34,44-47,58H,9-13,18,21-31,35-38H2,1-2H3,(H,59,72)(H,60,74)(H,63,73)(H,64,76)(H,65,75)(H,66,77)(H,78,79,80)(H,81,82,83)(H,84,85,86)(H,87,88,89);8-11H,1-5H2,(H,12,13);1-4H,(H,8,9);/t44-,45-,46-,47-;;;/m0.../s1/i;;;1+1. The Balaban J connectivity index is 0.00000140. The van der Waals surface area contributed by atoms with E-state index in [-0.39, 0.29) is 101 Å². The molecule has 6 rings (SSSR count). The number of aromatic nitrogens is 7. The number of aliphatic hydroxyl groups excluding tert-OH is 3. The molecule has 45 nitrogen and oxygen atoms in total. The van der Waals surface area contributed by atoms with Gasteiger partial charge in [-0.3, -0.25) is 56.8 Å². The minimum Gasteiger partial charge on any atom is -0.480 e. The van der Waals surface area contributed by atoms with E-state index in [9.17, 15) is 90.2 Å². The number of aliphatic hydroxyl groups is 3. The number of aromatic carboxylic acids is 1. The third kappa shape index (κ3) is 42.4. The van der Waals surface area contributed by atoms with Crippen molar-refractivity contribution in [2.75, 3.05) is 115 Å². The van der Waals surface area contributed by atoms with E-state index >= 15 is 0 Å². The smallest absolute Gasteiger partial charge is 0.335 e. The van der Waals surface area contributed by atoms with E-state index in [0.717, 1.165) is 65.8 Å². The quantitative estimate of drug-likeness (QED) is 0.0124. The number of carboxylic acids is 2. The van der Waals surface area contributed by atoms with Crippen LogP contribution >= 0.6 is 0 Å². The molecular formula is C70H98N16O29S4Tc. The van der Waals surface area contributed by atoms with Crippen LogP contribution in [0.4, 0.5) is 5.82 Å². The van der Waals surface area contributed by atoms with E-state index in [1.54, 1.807) is 20.6 Å². The predicted octanol–water partition coefficient (Wildman–Crippen LogP) is -0.966. The second kappa shape index (κ2) is 53.0. The van der Waals surface area contributed by atoms with Crippen LogP contribution in [0.25, 0.3) is 22.4 Å². The number of rotatable bonds is 53. The number of carbonyl (C=O) groups excluding carboxylic acids is 6. The Morgan fingerprint density at radius 2 is 1.07 bits per heavy atom. The van der Waals surface area contributed by atoms with E-state index < -0.39 is 154 Å².